The summed E-state index contributed by atoms with van der Waals surface area (Å²) in [5.41, 5.74) is 2.06. The maximum Gasteiger partial charge on any atom is 0.200 e. The fraction of sp³-hybridized carbons (Fsp3) is 0.538. The van der Waals surface area contributed by atoms with Gasteiger partial charge in [0.05, 0.1) is 12.1 Å². The van der Waals surface area contributed by atoms with E-state index in [-0.39, 0.29) is 6.29 Å². The average molecular weight is 257 g/mol. The van der Waals surface area contributed by atoms with Gasteiger partial charge in [-0.15, -0.1) is 0 Å². The number of hydrogen-bond donors (Lipinski definition) is 0. The summed E-state index contributed by atoms with van der Waals surface area (Å²) in [6, 6.07) is 1.95. The van der Waals surface area contributed by atoms with Gasteiger partial charge in [0.25, 0.3) is 0 Å². The highest BCUT2D eigenvalue weighted by Crippen LogP contribution is 2.40. The predicted molar refractivity (Wildman–Crippen MR) is 67.1 cm³/mol. The molecular weight excluding hydrogens is 240 g/mol. The lowest BCUT2D eigenvalue weighted by molar-refractivity contribution is -0.0865. The normalized spacial score (nSPS) is 18.5. The molecule has 0 N–H and O–H groups in total. The maximum absolute atomic E-state index is 6.21. The Morgan fingerprint density at radius 3 is 2.94 bits per heavy atom. The minimum atomic E-state index is -0.157. The smallest absolute Gasteiger partial charge is 0.200 e. The number of benzene rings is 1. The highest BCUT2D eigenvalue weighted by atomic mass is 35.5. The lowest BCUT2D eigenvalue weighted by atomic mass is 10.0. The molecule has 0 bridgehead atoms. The topological polar surface area (TPSA) is 27.7 Å². The van der Waals surface area contributed by atoms with E-state index < -0.39 is 0 Å². The summed E-state index contributed by atoms with van der Waals surface area (Å²) in [6.07, 6.45) is 1.63. The molecule has 1 aromatic rings. The van der Waals surface area contributed by atoms with Gasteiger partial charge in [-0.1, -0.05) is 11.6 Å². The molecule has 0 fully saturated rings. The molecule has 1 aromatic carbocycles. The van der Waals surface area contributed by atoms with Crippen molar-refractivity contribution >= 4 is 11.6 Å². The largest absolute Gasteiger partial charge is 0.495 e. The summed E-state index contributed by atoms with van der Waals surface area (Å²) in [7, 11) is 1.62. The minimum Gasteiger partial charge on any atom is -0.495 e. The van der Waals surface area contributed by atoms with Crippen LogP contribution in [0.25, 0.3) is 0 Å². The molecule has 0 aromatic heterocycles. The van der Waals surface area contributed by atoms with Crippen LogP contribution in [0.15, 0.2) is 6.07 Å². The van der Waals surface area contributed by atoms with Gasteiger partial charge in [-0.25, -0.2) is 0 Å². The van der Waals surface area contributed by atoms with Crippen molar-refractivity contribution in [2.24, 2.45) is 0 Å². The van der Waals surface area contributed by atoms with E-state index in [1.165, 1.54) is 0 Å². The van der Waals surface area contributed by atoms with Crippen molar-refractivity contribution in [2.75, 3.05) is 13.7 Å². The second-order valence-electron chi connectivity index (χ2n) is 4.05. The highest BCUT2D eigenvalue weighted by Gasteiger charge is 2.24. The molecule has 0 radical (unpaired) electrons. The van der Waals surface area contributed by atoms with Gasteiger partial charge in [-0.05, 0) is 31.9 Å². The van der Waals surface area contributed by atoms with Gasteiger partial charge in [-0.2, -0.15) is 0 Å². The number of aryl methyl sites for hydroxylation is 1. The van der Waals surface area contributed by atoms with E-state index in [4.69, 9.17) is 25.8 Å². The summed E-state index contributed by atoms with van der Waals surface area (Å²) >= 11 is 6.21. The minimum absolute atomic E-state index is 0.157. The highest BCUT2D eigenvalue weighted by molar-refractivity contribution is 6.33. The lowest BCUT2D eigenvalue weighted by Crippen LogP contribution is -2.26. The SMILES string of the molecule is CCOC1CCc2cc(OC)c(Cl)c(C)c2O1. The fourth-order valence-corrected chi connectivity index (χ4v) is 2.30. The zero-order valence-electron chi connectivity index (χ0n) is 10.4. The van der Waals surface area contributed by atoms with Crippen molar-refractivity contribution in [3.63, 3.8) is 0 Å². The van der Waals surface area contributed by atoms with Crippen molar-refractivity contribution in [1.29, 1.82) is 0 Å². The van der Waals surface area contributed by atoms with E-state index in [0.717, 1.165) is 29.7 Å². The van der Waals surface area contributed by atoms with Crippen molar-refractivity contribution in [3.8, 4) is 11.5 Å². The summed E-state index contributed by atoms with van der Waals surface area (Å²) in [5, 5.41) is 0.614. The third-order valence-electron chi connectivity index (χ3n) is 2.95. The lowest BCUT2D eigenvalue weighted by Gasteiger charge is -2.28. The number of ether oxygens (including phenoxy) is 3. The zero-order valence-corrected chi connectivity index (χ0v) is 11.1. The van der Waals surface area contributed by atoms with E-state index in [1.54, 1.807) is 7.11 Å². The number of rotatable bonds is 3. The molecule has 2 rings (SSSR count). The molecule has 0 saturated carbocycles. The third-order valence-corrected chi connectivity index (χ3v) is 3.42. The molecule has 1 heterocycles. The van der Waals surface area contributed by atoms with Gasteiger partial charge >= 0.3 is 0 Å². The first-order chi connectivity index (χ1) is 8.17. The number of fused-ring (bicyclic) bond motifs is 1. The van der Waals surface area contributed by atoms with Crippen LogP contribution in [0.5, 0.6) is 11.5 Å². The molecule has 1 unspecified atom stereocenters. The molecule has 0 aliphatic carbocycles. The van der Waals surface area contributed by atoms with Crippen molar-refractivity contribution in [2.45, 2.75) is 33.0 Å². The van der Waals surface area contributed by atoms with Crippen LogP contribution in [-0.4, -0.2) is 20.0 Å². The first-order valence-electron chi connectivity index (χ1n) is 5.81. The average Bonchev–Trinajstić information content (AvgIpc) is 2.34. The van der Waals surface area contributed by atoms with Gasteiger partial charge < -0.3 is 14.2 Å². The summed E-state index contributed by atoms with van der Waals surface area (Å²) in [6.45, 7) is 4.56. The van der Waals surface area contributed by atoms with Crippen LogP contribution in [0, 0.1) is 6.92 Å². The van der Waals surface area contributed by atoms with Crippen LogP contribution in [0.1, 0.15) is 24.5 Å². The number of hydrogen-bond acceptors (Lipinski definition) is 3. The van der Waals surface area contributed by atoms with Gasteiger partial charge in [0.2, 0.25) is 0 Å². The van der Waals surface area contributed by atoms with Crippen molar-refractivity contribution < 1.29 is 14.2 Å². The molecule has 17 heavy (non-hydrogen) atoms. The Hall–Kier alpha value is -0.930. The molecule has 0 saturated heterocycles. The molecule has 0 amide bonds. The first kappa shape index (κ1) is 12.5. The molecule has 4 heteroatoms. The van der Waals surface area contributed by atoms with E-state index in [2.05, 4.69) is 0 Å². The van der Waals surface area contributed by atoms with E-state index in [1.807, 2.05) is 19.9 Å². The monoisotopic (exact) mass is 256 g/mol. The molecular formula is C13H17ClO3. The Labute approximate surface area is 107 Å². The standard InChI is InChI=1S/C13H17ClO3/c1-4-16-11-6-5-9-7-10(15-3)12(14)8(2)13(9)17-11/h7,11H,4-6H2,1-3H3. The summed E-state index contributed by atoms with van der Waals surface area (Å²) < 4.78 is 16.6. The molecule has 0 spiro atoms. The van der Waals surface area contributed by atoms with Gasteiger partial charge in [0, 0.05) is 18.6 Å². The second kappa shape index (κ2) is 5.15. The van der Waals surface area contributed by atoms with Gasteiger partial charge in [0.1, 0.15) is 11.5 Å². The maximum atomic E-state index is 6.21. The fourth-order valence-electron chi connectivity index (χ4n) is 2.08. The molecule has 94 valence electrons. The van der Waals surface area contributed by atoms with Crippen LogP contribution in [0.3, 0.4) is 0 Å². The Morgan fingerprint density at radius 2 is 2.29 bits per heavy atom. The summed E-state index contributed by atoms with van der Waals surface area (Å²) in [4.78, 5) is 0. The third kappa shape index (κ3) is 2.35. The van der Waals surface area contributed by atoms with E-state index in [9.17, 15) is 0 Å². The van der Waals surface area contributed by atoms with Gasteiger partial charge in [0.15, 0.2) is 6.29 Å². The van der Waals surface area contributed by atoms with Gasteiger partial charge in [-0.3, -0.25) is 0 Å². The molecule has 1 aliphatic rings. The predicted octanol–water partition coefficient (Wildman–Crippen LogP) is 3.34. The Kier molecular flexibility index (Phi) is 3.79. The second-order valence-corrected chi connectivity index (χ2v) is 4.43. The quantitative estimate of drug-likeness (QED) is 0.830. The van der Waals surface area contributed by atoms with E-state index >= 15 is 0 Å². The van der Waals surface area contributed by atoms with Crippen LogP contribution < -0.4 is 9.47 Å². The Bertz CT molecular complexity index is 418. The Morgan fingerprint density at radius 1 is 1.53 bits per heavy atom. The van der Waals surface area contributed by atoms with Crippen LogP contribution in [0.2, 0.25) is 5.02 Å². The molecule has 3 nitrogen and oxygen atoms in total. The zero-order chi connectivity index (χ0) is 12.4. The van der Waals surface area contributed by atoms with Crippen LogP contribution in [-0.2, 0) is 11.2 Å². The van der Waals surface area contributed by atoms with Crippen LogP contribution in [0.4, 0.5) is 0 Å². The van der Waals surface area contributed by atoms with Crippen molar-refractivity contribution in [1.82, 2.24) is 0 Å². The first-order valence-corrected chi connectivity index (χ1v) is 6.19. The number of halogens is 1. The van der Waals surface area contributed by atoms with E-state index in [0.29, 0.717) is 17.4 Å². The van der Waals surface area contributed by atoms with Crippen molar-refractivity contribution in [3.05, 3.63) is 22.2 Å². The Balaban J connectivity index is 2.34. The number of methoxy groups -OCH3 is 1. The molecule has 1 aliphatic heterocycles. The molecule has 1 atom stereocenters. The summed E-state index contributed by atoms with van der Waals surface area (Å²) in [5.74, 6) is 1.56. The van der Waals surface area contributed by atoms with Crippen LogP contribution >= 0.6 is 11.6 Å².